The van der Waals surface area contributed by atoms with E-state index in [9.17, 15) is 4.79 Å². The van der Waals surface area contributed by atoms with Crippen molar-refractivity contribution in [1.82, 2.24) is 5.32 Å². The highest BCUT2D eigenvalue weighted by Crippen LogP contribution is 2.15. The fraction of sp³-hybridized carbons (Fsp3) is 0.533. The third kappa shape index (κ3) is 3.96. The number of hydrogen-bond acceptors (Lipinski definition) is 3. The summed E-state index contributed by atoms with van der Waals surface area (Å²) in [5.41, 5.74) is 1.80. The Labute approximate surface area is 114 Å². The van der Waals surface area contributed by atoms with Gasteiger partial charge in [-0.2, -0.15) is 0 Å². The molecule has 0 radical (unpaired) electrons. The van der Waals surface area contributed by atoms with Gasteiger partial charge in [-0.05, 0) is 43.5 Å². The van der Waals surface area contributed by atoms with E-state index in [1.165, 1.54) is 0 Å². The predicted octanol–water partition coefficient (Wildman–Crippen LogP) is 2.05. The maximum Gasteiger partial charge on any atom is 0.251 e. The van der Waals surface area contributed by atoms with Crippen LogP contribution < -0.4 is 10.2 Å². The van der Waals surface area contributed by atoms with E-state index in [1.807, 2.05) is 43.3 Å². The molecule has 1 aromatic carbocycles. The summed E-state index contributed by atoms with van der Waals surface area (Å²) in [5.74, 6) is -0.0108. The fourth-order valence-corrected chi connectivity index (χ4v) is 2.23. The molecule has 1 aliphatic heterocycles. The van der Waals surface area contributed by atoms with Gasteiger partial charge in [0.05, 0.1) is 6.10 Å². The molecule has 1 amide bonds. The van der Waals surface area contributed by atoms with Crippen LogP contribution in [0.1, 0.15) is 29.6 Å². The predicted molar refractivity (Wildman–Crippen MR) is 76.7 cm³/mol. The van der Waals surface area contributed by atoms with Crippen LogP contribution in [-0.4, -0.2) is 39.3 Å². The van der Waals surface area contributed by atoms with E-state index in [4.69, 9.17) is 4.74 Å². The maximum atomic E-state index is 11.9. The molecular formula is C15H22N2O2. The first-order valence-electron chi connectivity index (χ1n) is 6.84. The molecule has 0 aromatic heterocycles. The van der Waals surface area contributed by atoms with Crippen LogP contribution in [0.25, 0.3) is 0 Å². The molecule has 4 nitrogen and oxygen atoms in total. The number of carbonyl (C=O) groups is 1. The summed E-state index contributed by atoms with van der Waals surface area (Å²) >= 11 is 0. The van der Waals surface area contributed by atoms with E-state index in [0.717, 1.165) is 31.6 Å². The Bertz CT molecular complexity index is 409. The zero-order chi connectivity index (χ0) is 13.7. The van der Waals surface area contributed by atoms with E-state index in [2.05, 4.69) is 5.32 Å². The van der Waals surface area contributed by atoms with Crippen molar-refractivity contribution in [2.45, 2.75) is 25.4 Å². The highest BCUT2D eigenvalue weighted by Gasteiger charge is 2.15. The zero-order valence-corrected chi connectivity index (χ0v) is 11.7. The van der Waals surface area contributed by atoms with Crippen LogP contribution in [-0.2, 0) is 4.74 Å². The normalized spacial score (nSPS) is 18.3. The first kappa shape index (κ1) is 13.9. The molecule has 104 valence electrons. The number of carbonyl (C=O) groups excluding carboxylic acids is 1. The molecule has 19 heavy (non-hydrogen) atoms. The molecule has 2 rings (SSSR count). The van der Waals surface area contributed by atoms with Gasteiger partial charge in [0.15, 0.2) is 0 Å². The Morgan fingerprint density at radius 2 is 2.11 bits per heavy atom. The van der Waals surface area contributed by atoms with Crippen molar-refractivity contribution >= 4 is 11.6 Å². The second kappa shape index (κ2) is 6.57. The summed E-state index contributed by atoms with van der Waals surface area (Å²) < 4.78 is 5.53. The quantitative estimate of drug-likeness (QED) is 0.883. The molecule has 0 aliphatic carbocycles. The van der Waals surface area contributed by atoms with Gasteiger partial charge in [0.25, 0.3) is 5.91 Å². The molecular weight excluding hydrogens is 240 g/mol. The number of anilines is 1. The first-order chi connectivity index (χ1) is 9.16. The van der Waals surface area contributed by atoms with Crippen molar-refractivity contribution in [2.75, 3.05) is 32.1 Å². The Morgan fingerprint density at radius 3 is 2.68 bits per heavy atom. The Hall–Kier alpha value is -1.55. The van der Waals surface area contributed by atoms with Gasteiger partial charge in [0, 0.05) is 38.5 Å². The van der Waals surface area contributed by atoms with E-state index >= 15 is 0 Å². The lowest BCUT2D eigenvalue weighted by Crippen LogP contribution is -2.27. The lowest BCUT2D eigenvalue weighted by atomic mass is 10.1. The number of nitrogens with zero attached hydrogens (tertiary/aromatic N) is 1. The van der Waals surface area contributed by atoms with Gasteiger partial charge in [-0.3, -0.25) is 4.79 Å². The number of ether oxygens (including phenoxy) is 1. The molecule has 0 bridgehead atoms. The number of hydrogen-bond donors (Lipinski definition) is 1. The van der Waals surface area contributed by atoms with Crippen LogP contribution in [0, 0.1) is 0 Å². The minimum absolute atomic E-state index is 0.0108. The lowest BCUT2D eigenvalue weighted by Gasteiger charge is -2.13. The van der Waals surface area contributed by atoms with Gasteiger partial charge < -0.3 is 15.0 Å². The molecule has 1 fully saturated rings. The maximum absolute atomic E-state index is 11.9. The summed E-state index contributed by atoms with van der Waals surface area (Å²) in [4.78, 5) is 13.9. The standard InChI is InChI=1S/C15H22N2O2/c1-17(2)13-7-5-12(6-8-13)15(18)16-10-9-14-4-3-11-19-14/h5-8,14H,3-4,9-11H2,1-2H3,(H,16,18)/t14-/m0/s1. The fourth-order valence-electron chi connectivity index (χ4n) is 2.23. The molecule has 1 aromatic rings. The van der Waals surface area contributed by atoms with Gasteiger partial charge >= 0.3 is 0 Å². The van der Waals surface area contributed by atoms with Gasteiger partial charge in [-0.1, -0.05) is 0 Å². The average Bonchev–Trinajstić information content (AvgIpc) is 2.92. The van der Waals surface area contributed by atoms with Crippen molar-refractivity contribution in [3.05, 3.63) is 29.8 Å². The highest BCUT2D eigenvalue weighted by atomic mass is 16.5. The van der Waals surface area contributed by atoms with Crippen molar-refractivity contribution in [3.8, 4) is 0 Å². The minimum atomic E-state index is -0.0108. The van der Waals surface area contributed by atoms with Crippen LogP contribution in [0.15, 0.2) is 24.3 Å². The van der Waals surface area contributed by atoms with Crippen molar-refractivity contribution in [2.24, 2.45) is 0 Å². The first-order valence-corrected chi connectivity index (χ1v) is 6.84. The second-order valence-electron chi connectivity index (χ2n) is 5.12. The molecule has 0 spiro atoms. The molecule has 1 saturated heterocycles. The third-order valence-corrected chi connectivity index (χ3v) is 3.42. The topological polar surface area (TPSA) is 41.6 Å². The Kier molecular flexibility index (Phi) is 4.80. The van der Waals surface area contributed by atoms with Gasteiger partial charge in [0.1, 0.15) is 0 Å². The third-order valence-electron chi connectivity index (χ3n) is 3.42. The van der Waals surface area contributed by atoms with Gasteiger partial charge in [-0.25, -0.2) is 0 Å². The van der Waals surface area contributed by atoms with Crippen molar-refractivity contribution < 1.29 is 9.53 Å². The summed E-state index contributed by atoms with van der Waals surface area (Å²) in [6, 6.07) is 7.62. The Morgan fingerprint density at radius 1 is 1.37 bits per heavy atom. The number of rotatable bonds is 5. The van der Waals surface area contributed by atoms with Crippen LogP contribution in [0.3, 0.4) is 0 Å². The minimum Gasteiger partial charge on any atom is -0.378 e. The van der Waals surface area contributed by atoms with Crippen LogP contribution in [0.5, 0.6) is 0 Å². The van der Waals surface area contributed by atoms with Gasteiger partial charge in [0.2, 0.25) is 0 Å². The second-order valence-corrected chi connectivity index (χ2v) is 5.12. The van der Waals surface area contributed by atoms with Crippen molar-refractivity contribution in [3.63, 3.8) is 0 Å². The molecule has 1 heterocycles. The number of nitrogens with one attached hydrogen (secondary N) is 1. The van der Waals surface area contributed by atoms with Crippen LogP contribution >= 0.6 is 0 Å². The van der Waals surface area contributed by atoms with E-state index in [0.29, 0.717) is 18.2 Å². The summed E-state index contributed by atoms with van der Waals surface area (Å²) in [6.07, 6.45) is 3.50. The smallest absolute Gasteiger partial charge is 0.251 e. The van der Waals surface area contributed by atoms with E-state index in [-0.39, 0.29) is 5.91 Å². The molecule has 4 heteroatoms. The Balaban J connectivity index is 1.78. The average molecular weight is 262 g/mol. The highest BCUT2D eigenvalue weighted by molar-refractivity contribution is 5.94. The summed E-state index contributed by atoms with van der Waals surface area (Å²) in [7, 11) is 3.97. The largest absolute Gasteiger partial charge is 0.378 e. The number of benzene rings is 1. The van der Waals surface area contributed by atoms with E-state index < -0.39 is 0 Å². The van der Waals surface area contributed by atoms with Crippen LogP contribution in [0.4, 0.5) is 5.69 Å². The summed E-state index contributed by atoms with van der Waals surface area (Å²) in [5, 5.41) is 2.94. The molecule has 1 N–H and O–H groups in total. The molecule has 1 aliphatic rings. The molecule has 0 saturated carbocycles. The van der Waals surface area contributed by atoms with E-state index in [1.54, 1.807) is 0 Å². The summed E-state index contributed by atoms with van der Waals surface area (Å²) in [6.45, 7) is 1.55. The monoisotopic (exact) mass is 262 g/mol. The lowest BCUT2D eigenvalue weighted by molar-refractivity contribution is 0.0907. The molecule has 1 atom stereocenters. The van der Waals surface area contributed by atoms with Crippen molar-refractivity contribution in [1.29, 1.82) is 0 Å². The zero-order valence-electron chi connectivity index (χ0n) is 11.7. The SMILES string of the molecule is CN(C)c1ccc(C(=O)NCC[C@@H]2CCCO2)cc1. The number of amides is 1. The van der Waals surface area contributed by atoms with Crippen LogP contribution in [0.2, 0.25) is 0 Å². The van der Waals surface area contributed by atoms with Gasteiger partial charge in [-0.15, -0.1) is 0 Å². The molecule has 0 unspecified atom stereocenters.